The van der Waals surface area contributed by atoms with Gasteiger partial charge in [0.1, 0.15) is 5.75 Å². The highest BCUT2D eigenvalue weighted by Gasteiger charge is 2.26. The molecule has 0 radical (unpaired) electrons. The van der Waals surface area contributed by atoms with E-state index in [1.54, 1.807) is 7.11 Å². The van der Waals surface area contributed by atoms with Crippen LogP contribution in [0.15, 0.2) is 18.2 Å². The van der Waals surface area contributed by atoms with Crippen LogP contribution in [0.5, 0.6) is 5.75 Å². The number of halogens is 1. The van der Waals surface area contributed by atoms with Crippen LogP contribution >= 0.6 is 11.6 Å². The summed E-state index contributed by atoms with van der Waals surface area (Å²) >= 11 is 6.00. The van der Waals surface area contributed by atoms with Crippen molar-refractivity contribution in [2.24, 2.45) is 11.8 Å². The van der Waals surface area contributed by atoms with Crippen molar-refractivity contribution >= 4 is 11.6 Å². The molecule has 0 saturated carbocycles. The van der Waals surface area contributed by atoms with Gasteiger partial charge in [-0.3, -0.25) is 11.3 Å². The third-order valence-electron chi connectivity index (χ3n) is 3.15. The molecule has 0 spiro atoms. The maximum Gasteiger partial charge on any atom is 0.137 e. The smallest absolute Gasteiger partial charge is 0.137 e. The lowest BCUT2D eigenvalue weighted by Gasteiger charge is -2.22. The first-order valence-corrected chi connectivity index (χ1v) is 6.01. The fraction of sp³-hybridized carbons (Fsp3) is 0.500. The van der Waals surface area contributed by atoms with Gasteiger partial charge in [-0.1, -0.05) is 17.7 Å². The summed E-state index contributed by atoms with van der Waals surface area (Å²) in [4.78, 5) is 0. The van der Waals surface area contributed by atoms with Gasteiger partial charge >= 0.3 is 0 Å². The Morgan fingerprint density at radius 3 is 3.00 bits per heavy atom. The highest BCUT2D eigenvalue weighted by molar-refractivity contribution is 6.32. The Morgan fingerprint density at radius 1 is 1.59 bits per heavy atom. The molecule has 0 aliphatic carbocycles. The van der Waals surface area contributed by atoms with Gasteiger partial charge in [0.2, 0.25) is 0 Å². The van der Waals surface area contributed by atoms with Gasteiger partial charge in [-0.2, -0.15) is 0 Å². The van der Waals surface area contributed by atoms with E-state index in [0.717, 1.165) is 25.2 Å². The average molecular weight is 257 g/mol. The lowest BCUT2D eigenvalue weighted by molar-refractivity contribution is 0.176. The molecule has 17 heavy (non-hydrogen) atoms. The number of nitrogens with two attached hydrogens (primary N) is 1. The molecule has 1 heterocycles. The molecular weight excluding hydrogens is 240 g/mol. The maximum absolute atomic E-state index is 6.00. The Balaban J connectivity index is 2.23. The lowest BCUT2D eigenvalue weighted by Crippen LogP contribution is -2.33. The van der Waals surface area contributed by atoms with Gasteiger partial charge in [-0.05, 0) is 24.1 Å². The van der Waals surface area contributed by atoms with Gasteiger partial charge < -0.3 is 9.47 Å². The fourth-order valence-electron chi connectivity index (χ4n) is 2.19. The highest BCUT2D eigenvalue weighted by atomic mass is 35.5. The van der Waals surface area contributed by atoms with Gasteiger partial charge in [-0.25, -0.2) is 0 Å². The van der Waals surface area contributed by atoms with Crippen LogP contribution in [0.25, 0.3) is 0 Å². The van der Waals surface area contributed by atoms with Crippen LogP contribution in [0.1, 0.15) is 18.0 Å². The van der Waals surface area contributed by atoms with Crippen molar-refractivity contribution in [2.45, 2.75) is 12.5 Å². The second-order valence-corrected chi connectivity index (χ2v) is 4.57. The summed E-state index contributed by atoms with van der Waals surface area (Å²) in [5, 5.41) is 0.606. The molecule has 0 amide bonds. The molecule has 3 N–H and O–H groups in total. The number of hydrogen-bond donors (Lipinski definition) is 2. The summed E-state index contributed by atoms with van der Waals surface area (Å²) in [6.45, 7) is 1.54. The molecule has 0 bridgehead atoms. The summed E-state index contributed by atoms with van der Waals surface area (Å²) in [6, 6.07) is 5.79. The van der Waals surface area contributed by atoms with E-state index in [0.29, 0.717) is 16.7 Å². The van der Waals surface area contributed by atoms with Crippen molar-refractivity contribution in [3.63, 3.8) is 0 Å². The predicted octanol–water partition coefficient (Wildman–Crippen LogP) is 1.89. The van der Waals surface area contributed by atoms with Crippen LogP contribution in [-0.4, -0.2) is 20.3 Å². The SMILES string of the molecule is COc1cc(C(NN)C2CCOC2)ccc1Cl. The normalized spacial score (nSPS) is 21.5. The number of benzene rings is 1. The summed E-state index contributed by atoms with van der Waals surface area (Å²) in [6.07, 6.45) is 1.01. The molecule has 1 fully saturated rings. The largest absolute Gasteiger partial charge is 0.495 e. The molecule has 1 aromatic carbocycles. The van der Waals surface area contributed by atoms with Gasteiger partial charge in [0.15, 0.2) is 0 Å². The van der Waals surface area contributed by atoms with Crippen LogP contribution in [0.3, 0.4) is 0 Å². The molecule has 2 unspecified atom stereocenters. The Hall–Kier alpha value is -0.810. The third kappa shape index (κ3) is 2.72. The molecule has 5 heteroatoms. The van der Waals surface area contributed by atoms with E-state index >= 15 is 0 Å². The first-order chi connectivity index (χ1) is 8.26. The fourth-order valence-corrected chi connectivity index (χ4v) is 2.38. The van der Waals surface area contributed by atoms with Gasteiger partial charge in [0, 0.05) is 12.5 Å². The van der Waals surface area contributed by atoms with Crippen LogP contribution in [0, 0.1) is 5.92 Å². The second-order valence-electron chi connectivity index (χ2n) is 4.16. The maximum atomic E-state index is 6.00. The predicted molar refractivity (Wildman–Crippen MR) is 67.0 cm³/mol. The van der Waals surface area contributed by atoms with E-state index in [1.807, 2.05) is 18.2 Å². The molecule has 2 atom stereocenters. The topological polar surface area (TPSA) is 56.5 Å². The van der Waals surface area contributed by atoms with Gasteiger partial charge in [0.25, 0.3) is 0 Å². The zero-order valence-corrected chi connectivity index (χ0v) is 10.5. The first-order valence-electron chi connectivity index (χ1n) is 5.63. The molecule has 1 saturated heterocycles. The number of hydrogen-bond acceptors (Lipinski definition) is 4. The minimum Gasteiger partial charge on any atom is -0.495 e. The van der Waals surface area contributed by atoms with Crippen LogP contribution in [0.2, 0.25) is 5.02 Å². The van der Waals surface area contributed by atoms with Crippen LogP contribution < -0.4 is 16.0 Å². The molecule has 1 aliphatic rings. The number of ether oxygens (including phenoxy) is 2. The van der Waals surface area contributed by atoms with E-state index in [9.17, 15) is 0 Å². The molecular formula is C12H17ClN2O2. The van der Waals surface area contributed by atoms with E-state index in [-0.39, 0.29) is 6.04 Å². The standard InChI is InChI=1S/C12H17ClN2O2/c1-16-11-6-8(2-3-10(11)13)12(15-14)9-4-5-17-7-9/h2-3,6,9,12,15H,4-5,7,14H2,1H3. The Bertz CT molecular complexity index is 381. The molecule has 1 aromatic rings. The van der Waals surface area contributed by atoms with Gasteiger partial charge in [0.05, 0.1) is 24.8 Å². The zero-order chi connectivity index (χ0) is 12.3. The number of hydrazine groups is 1. The zero-order valence-electron chi connectivity index (χ0n) is 9.78. The average Bonchev–Trinajstić information content (AvgIpc) is 2.86. The van der Waals surface area contributed by atoms with E-state index in [1.165, 1.54) is 0 Å². The lowest BCUT2D eigenvalue weighted by atomic mass is 9.93. The molecule has 1 aliphatic heterocycles. The summed E-state index contributed by atoms with van der Waals surface area (Å²) in [5.74, 6) is 6.70. The molecule has 94 valence electrons. The third-order valence-corrected chi connectivity index (χ3v) is 3.46. The summed E-state index contributed by atoms with van der Waals surface area (Å²) < 4.78 is 10.6. The number of rotatable bonds is 4. The number of nitrogens with one attached hydrogen (secondary N) is 1. The van der Waals surface area contributed by atoms with Crippen molar-refractivity contribution < 1.29 is 9.47 Å². The Kier molecular flexibility index (Phi) is 4.23. The van der Waals surface area contributed by atoms with Gasteiger partial charge in [-0.15, -0.1) is 0 Å². The monoisotopic (exact) mass is 256 g/mol. The van der Waals surface area contributed by atoms with Crippen molar-refractivity contribution in [3.8, 4) is 5.75 Å². The van der Waals surface area contributed by atoms with E-state index in [4.69, 9.17) is 26.9 Å². The van der Waals surface area contributed by atoms with E-state index < -0.39 is 0 Å². The minimum atomic E-state index is 0.0728. The van der Waals surface area contributed by atoms with E-state index in [2.05, 4.69) is 5.43 Å². The second kappa shape index (κ2) is 5.69. The Labute approximate surface area is 106 Å². The quantitative estimate of drug-likeness (QED) is 0.638. The summed E-state index contributed by atoms with van der Waals surface area (Å²) in [5.41, 5.74) is 3.93. The highest BCUT2D eigenvalue weighted by Crippen LogP contribution is 2.33. The van der Waals surface area contributed by atoms with Crippen molar-refractivity contribution in [1.82, 2.24) is 5.43 Å². The van der Waals surface area contributed by atoms with Crippen LogP contribution in [0.4, 0.5) is 0 Å². The molecule has 4 nitrogen and oxygen atoms in total. The van der Waals surface area contributed by atoms with Crippen molar-refractivity contribution in [2.75, 3.05) is 20.3 Å². The number of methoxy groups -OCH3 is 1. The minimum absolute atomic E-state index is 0.0728. The molecule has 0 aromatic heterocycles. The van der Waals surface area contributed by atoms with Crippen LogP contribution in [-0.2, 0) is 4.74 Å². The Morgan fingerprint density at radius 2 is 2.41 bits per heavy atom. The molecule has 2 rings (SSSR count). The first kappa shape index (κ1) is 12.6. The van der Waals surface area contributed by atoms with Crippen molar-refractivity contribution in [3.05, 3.63) is 28.8 Å². The summed E-state index contributed by atoms with van der Waals surface area (Å²) in [7, 11) is 1.61. The van der Waals surface area contributed by atoms with Crippen molar-refractivity contribution in [1.29, 1.82) is 0 Å².